The van der Waals surface area contributed by atoms with Gasteiger partial charge in [0.15, 0.2) is 5.13 Å². The van der Waals surface area contributed by atoms with Crippen LogP contribution in [0.4, 0.5) is 5.13 Å². The number of anilines is 1. The van der Waals surface area contributed by atoms with Gasteiger partial charge >= 0.3 is 0 Å². The van der Waals surface area contributed by atoms with Crippen LogP contribution in [0.2, 0.25) is 0 Å². The van der Waals surface area contributed by atoms with E-state index in [-0.39, 0.29) is 5.91 Å². The van der Waals surface area contributed by atoms with Crippen LogP contribution in [-0.4, -0.2) is 17.4 Å². The van der Waals surface area contributed by atoms with Crippen LogP contribution in [0.25, 0.3) is 0 Å². The molecule has 82 valence electrons. The molecule has 0 unspecified atom stereocenters. The molecule has 1 heterocycles. The van der Waals surface area contributed by atoms with Crippen molar-refractivity contribution in [3.63, 3.8) is 0 Å². The molecule has 15 heavy (non-hydrogen) atoms. The maximum Gasteiger partial charge on any atom is 0.226 e. The van der Waals surface area contributed by atoms with Gasteiger partial charge in [-0.1, -0.05) is 12.2 Å². The monoisotopic (exact) mass is 225 g/mol. The standard InChI is InChI=1S/C10H15N3OS/c1-2-3-4-5-12-9(14)6-8-7-15-10(11)13-8/h2-3,7H,4-6H2,1H3,(H2,11,13)(H,12,14)/b3-2+. The quantitative estimate of drug-likeness (QED) is 0.587. The maximum atomic E-state index is 11.4. The molecule has 1 rings (SSSR count). The Balaban J connectivity index is 2.24. The van der Waals surface area contributed by atoms with E-state index in [1.807, 2.05) is 19.1 Å². The lowest BCUT2D eigenvalue weighted by molar-refractivity contribution is -0.120. The van der Waals surface area contributed by atoms with Crippen molar-refractivity contribution in [3.05, 3.63) is 23.2 Å². The molecule has 0 spiro atoms. The molecule has 5 heteroatoms. The molecule has 0 bridgehead atoms. The van der Waals surface area contributed by atoms with E-state index in [2.05, 4.69) is 10.3 Å². The van der Waals surface area contributed by atoms with E-state index in [1.54, 1.807) is 5.38 Å². The van der Waals surface area contributed by atoms with Crippen LogP contribution in [0.3, 0.4) is 0 Å². The normalized spacial score (nSPS) is 10.7. The number of hydrogen-bond acceptors (Lipinski definition) is 4. The maximum absolute atomic E-state index is 11.4. The minimum absolute atomic E-state index is 0.00944. The number of aromatic nitrogens is 1. The number of rotatable bonds is 5. The first-order chi connectivity index (χ1) is 7.22. The Morgan fingerprint density at radius 2 is 2.53 bits per heavy atom. The highest BCUT2D eigenvalue weighted by Gasteiger charge is 2.05. The number of thiazole rings is 1. The summed E-state index contributed by atoms with van der Waals surface area (Å²) in [5.74, 6) is -0.00944. The summed E-state index contributed by atoms with van der Waals surface area (Å²) < 4.78 is 0. The van der Waals surface area contributed by atoms with Gasteiger partial charge in [-0.2, -0.15) is 0 Å². The first-order valence-corrected chi connectivity index (χ1v) is 5.68. The first-order valence-electron chi connectivity index (χ1n) is 4.80. The smallest absolute Gasteiger partial charge is 0.226 e. The second-order valence-corrected chi connectivity index (χ2v) is 3.95. The van der Waals surface area contributed by atoms with Crippen molar-refractivity contribution in [1.82, 2.24) is 10.3 Å². The van der Waals surface area contributed by atoms with E-state index in [0.29, 0.717) is 18.1 Å². The average Bonchev–Trinajstić information content (AvgIpc) is 2.59. The Bertz CT molecular complexity index is 346. The molecular formula is C10H15N3OS. The second kappa shape index (κ2) is 6.19. The van der Waals surface area contributed by atoms with Crippen LogP contribution in [0.5, 0.6) is 0 Å². The van der Waals surface area contributed by atoms with Crippen LogP contribution in [0.15, 0.2) is 17.5 Å². The van der Waals surface area contributed by atoms with E-state index in [4.69, 9.17) is 5.73 Å². The fraction of sp³-hybridized carbons (Fsp3) is 0.400. The number of nitrogens with one attached hydrogen (secondary N) is 1. The van der Waals surface area contributed by atoms with Crippen LogP contribution in [-0.2, 0) is 11.2 Å². The summed E-state index contributed by atoms with van der Waals surface area (Å²) in [6.45, 7) is 2.63. The summed E-state index contributed by atoms with van der Waals surface area (Å²) in [6, 6.07) is 0. The molecule has 0 aromatic carbocycles. The zero-order valence-electron chi connectivity index (χ0n) is 8.69. The van der Waals surface area contributed by atoms with E-state index in [1.165, 1.54) is 11.3 Å². The Morgan fingerprint density at radius 3 is 3.13 bits per heavy atom. The van der Waals surface area contributed by atoms with Gasteiger partial charge in [0.2, 0.25) is 5.91 Å². The number of amides is 1. The third-order valence-electron chi connectivity index (χ3n) is 1.78. The van der Waals surface area contributed by atoms with Gasteiger partial charge in [-0.15, -0.1) is 11.3 Å². The van der Waals surface area contributed by atoms with Crippen LogP contribution in [0.1, 0.15) is 19.0 Å². The third kappa shape index (κ3) is 4.60. The number of carbonyl (C=O) groups excluding carboxylic acids is 1. The molecule has 0 aliphatic heterocycles. The van der Waals surface area contributed by atoms with Gasteiger partial charge in [-0.3, -0.25) is 4.79 Å². The van der Waals surface area contributed by atoms with Gasteiger partial charge in [-0.05, 0) is 13.3 Å². The third-order valence-corrected chi connectivity index (χ3v) is 2.50. The number of nitrogens with zero attached hydrogens (tertiary/aromatic N) is 1. The highest BCUT2D eigenvalue weighted by Crippen LogP contribution is 2.11. The Labute approximate surface area is 93.2 Å². The predicted molar refractivity (Wildman–Crippen MR) is 62.7 cm³/mol. The van der Waals surface area contributed by atoms with Gasteiger partial charge in [0.05, 0.1) is 12.1 Å². The highest BCUT2D eigenvalue weighted by molar-refractivity contribution is 7.13. The number of carbonyl (C=O) groups is 1. The number of nitrogens with two attached hydrogens (primary N) is 1. The van der Waals surface area contributed by atoms with Crippen molar-refractivity contribution in [2.24, 2.45) is 0 Å². The molecule has 0 aliphatic rings. The molecule has 1 aromatic heterocycles. The van der Waals surface area contributed by atoms with Crippen molar-refractivity contribution < 1.29 is 4.79 Å². The highest BCUT2D eigenvalue weighted by atomic mass is 32.1. The predicted octanol–water partition coefficient (Wildman–Crippen LogP) is 1.35. The molecule has 0 aliphatic carbocycles. The van der Waals surface area contributed by atoms with Gasteiger partial charge in [0, 0.05) is 11.9 Å². The van der Waals surface area contributed by atoms with E-state index in [9.17, 15) is 4.79 Å². The molecule has 3 N–H and O–H groups in total. The zero-order chi connectivity index (χ0) is 11.1. The van der Waals surface area contributed by atoms with Crippen LogP contribution >= 0.6 is 11.3 Å². The van der Waals surface area contributed by atoms with E-state index >= 15 is 0 Å². The zero-order valence-corrected chi connectivity index (χ0v) is 9.51. The molecule has 1 amide bonds. The topological polar surface area (TPSA) is 68.0 Å². The Morgan fingerprint density at radius 1 is 1.73 bits per heavy atom. The van der Waals surface area contributed by atoms with Crippen LogP contribution < -0.4 is 11.1 Å². The molecule has 0 saturated heterocycles. The van der Waals surface area contributed by atoms with E-state index < -0.39 is 0 Å². The lowest BCUT2D eigenvalue weighted by atomic mass is 10.3. The van der Waals surface area contributed by atoms with Gasteiger partial charge in [0.1, 0.15) is 0 Å². The number of hydrogen-bond donors (Lipinski definition) is 2. The van der Waals surface area contributed by atoms with Gasteiger partial charge < -0.3 is 11.1 Å². The summed E-state index contributed by atoms with van der Waals surface area (Å²) in [4.78, 5) is 15.4. The fourth-order valence-electron chi connectivity index (χ4n) is 1.09. The van der Waals surface area contributed by atoms with Crippen molar-refractivity contribution in [3.8, 4) is 0 Å². The lowest BCUT2D eigenvalue weighted by Gasteiger charge is -2.00. The fourth-order valence-corrected chi connectivity index (χ4v) is 1.66. The first kappa shape index (κ1) is 11.7. The Hall–Kier alpha value is -1.36. The van der Waals surface area contributed by atoms with Gasteiger partial charge in [-0.25, -0.2) is 4.98 Å². The average molecular weight is 225 g/mol. The summed E-state index contributed by atoms with van der Waals surface area (Å²) >= 11 is 1.35. The molecule has 1 aromatic rings. The minimum atomic E-state index is -0.00944. The lowest BCUT2D eigenvalue weighted by Crippen LogP contribution is -2.25. The largest absolute Gasteiger partial charge is 0.375 e. The SMILES string of the molecule is C/C=C/CCNC(=O)Cc1csc(N)n1. The minimum Gasteiger partial charge on any atom is -0.375 e. The molecular weight excluding hydrogens is 210 g/mol. The van der Waals surface area contributed by atoms with Crippen molar-refractivity contribution in [2.75, 3.05) is 12.3 Å². The van der Waals surface area contributed by atoms with Crippen molar-refractivity contribution in [2.45, 2.75) is 19.8 Å². The second-order valence-electron chi connectivity index (χ2n) is 3.06. The molecule has 0 atom stereocenters. The summed E-state index contributed by atoms with van der Waals surface area (Å²) in [6.07, 6.45) is 5.15. The molecule has 0 fully saturated rings. The van der Waals surface area contributed by atoms with Crippen LogP contribution in [0, 0.1) is 0 Å². The molecule has 0 radical (unpaired) electrons. The van der Waals surface area contributed by atoms with Crippen molar-refractivity contribution in [1.29, 1.82) is 0 Å². The Kier molecular flexibility index (Phi) is 4.83. The van der Waals surface area contributed by atoms with Gasteiger partial charge in [0.25, 0.3) is 0 Å². The summed E-state index contributed by atoms with van der Waals surface area (Å²) in [5.41, 5.74) is 6.20. The number of nitrogen functional groups attached to an aromatic ring is 1. The molecule has 0 saturated carbocycles. The van der Waals surface area contributed by atoms with E-state index in [0.717, 1.165) is 12.1 Å². The summed E-state index contributed by atoms with van der Waals surface area (Å²) in [5, 5.41) is 5.12. The summed E-state index contributed by atoms with van der Waals surface area (Å²) in [7, 11) is 0. The number of allylic oxidation sites excluding steroid dienone is 1. The van der Waals surface area contributed by atoms with Crippen molar-refractivity contribution >= 4 is 22.4 Å². The molecule has 4 nitrogen and oxygen atoms in total.